The molecule has 0 atom stereocenters. The first-order valence-corrected chi connectivity index (χ1v) is 10.4. The monoisotopic (exact) mass is 390 g/mol. The molecule has 0 radical (unpaired) electrons. The smallest absolute Gasteiger partial charge is 0.266 e. The van der Waals surface area contributed by atoms with Gasteiger partial charge in [-0.15, -0.1) is 11.3 Å². The first-order valence-electron chi connectivity index (χ1n) is 7.74. The van der Waals surface area contributed by atoms with Crippen molar-refractivity contribution in [3.05, 3.63) is 52.9 Å². The molecule has 0 saturated heterocycles. The van der Waals surface area contributed by atoms with Gasteiger partial charge in [0.15, 0.2) is 0 Å². The largest absolute Gasteiger partial charge is 0.495 e. The van der Waals surface area contributed by atoms with Crippen molar-refractivity contribution < 1.29 is 17.9 Å². The van der Waals surface area contributed by atoms with Crippen molar-refractivity contribution in [2.75, 3.05) is 23.4 Å². The van der Waals surface area contributed by atoms with E-state index in [1.165, 1.54) is 24.5 Å². The molecule has 8 heteroatoms. The number of amides is 1. The lowest BCUT2D eigenvalue weighted by atomic mass is 10.1. The van der Waals surface area contributed by atoms with Gasteiger partial charge in [-0.3, -0.25) is 9.52 Å². The maximum Gasteiger partial charge on any atom is 0.266 e. The van der Waals surface area contributed by atoms with Gasteiger partial charge in [-0.2, -0.15) is 0 Å². The van der Waals surface area contributed by atoms with Crippen LogP contribution in [0.1, 0.15) is 15.2 Å². The molecule has 1 aromatic heterocycles. The van der Waals surface area contributed by atoms with Crippen LogP contribution >= 0.6 is 11.3 Å². The second kappa shape index (κ2) is 6.97. The number of hydrogen-bond donors (Lipinski definition) is 2. The molecule has 0 bridgehead atoms. The molecule has 0 aliphatic heterocycles. The number of fused-ring (bicyclic) bond motifs is 1. The molecule has 136 valence electrons. The molecule has 1 amide bonds. The lowest BCUT2D eigenvalue weighted by molar-refractivity contribution is 0.103. The Labute approximate surface area is 155 Å². The van der Waals surface area contributed by atoms with Crippen molar-refractivity contribution in [2.24, 2.45) is 0 Å². The van der Waals surface area contributed by atoms with Crippen LogP contribution in [-0.4, -0.2) is 27.7 Å². The number of ether oxygens (including phenoxy) is 1. The molecular weight excluding hydrogens is 372 g/mol. The predicted molar refractivity (Wildman–Crippen MR) is 106 cm³/mol. The standard InChI is InChI=1S/C18H18N2O4S2/c1-11-13-6-4-5-7-16(13)25-17(11)18(21)19-12-8-9-15(24-2)14(10-12)20-26(3,22)23/h4-10,20H,1-3H3,(H,19,21). The van der Waals surface area contributed by atoms with Crippen LogP contribution in [0.15, 0.2) is 42.5 Å². The highest BCUT2D eigenvalue weighted by molar-refractivity contribution is 7.92. The molecule has 6 nitrogen and oxygen atoms in total. The van der Waals surface area contributed by atoms with Crippen LogP contribution in [0.25, 0.3) is 10.1 Å². The first-order chi connectivity index (χ1) is 12.3. The second-order valence-electron chi connectivity index (χ2n) is 5.80. The third-order valence-electron chi connectivity index (χ3n) is 3.80. The van der Waals surface area contributed by atoms with Crippen molar-refractivity contribution in [1.29, 1.82) is 0 Å². The van der Waals surface area contributed by atoms with E-state index in [-0.39, 0.29) is 11.6 Å². The summed E-state index contributed by atoms with van der Waals surface area (Å²) in [5, 5.41) is 3.87. The van der Waals surface area contributed by atoms with Crippen molar-refractivity contribution in [1.82, 2.24) is 0 Å². The third kappa shape index (κ3) is 3.81. The summed E-state index contributed by atoms with van der Waals surface area (Å²) < 4.78 is 31.6. The number of carbonyl (C=O) groups excluding carboxylic acids is 1. The number of sulfonamides is 1. The van der Waals surface area contributed by atoms with E-state index >= 15 is 0 Å². The van der Waals surface area contributed by atoms with E-state index in [1.54, 1.807) is 12.1 Å². The number of hydrogen-bond acceptors (Lipinski definition) is 5. The van der Waals surface area contributed by atoms with Gasteiger partial charge in [-0.25, -0.2) is 8.42 Å². The highest BCUT2D eigenvalue weighted by Gasteiger charge is 2.16. The maximum absolute atomic E-state index is 12.7. The summed E-state index contributed by atoms with van der Waals surface area (Å²) in [5.74, 6) is 0.130. The number of methoxy groups -OCH3 is 1. The minimum Gasteiger partial charge on any atom is -0.495 e. The molecule has 3 rings (SSSR count). The van der Waals surface area contributed by atoms with Crippen LogP contribution in [0.3, 0.4) is 0 Å². The van der Waals surface area contributed by atoms with Gasteiger partial charge >= 0.3 is 0 Å². The van der Waals surface area contributed by atoms with Gasteiger partial charge in [0.2, 0.25) is 10.0 Å². The zero-order valence-corrected chi connectivity index (χ0v) is 16.1. The Morgan fingerprint density at radius 2 is 1.88 bits per heavy atom. The number of carbonyl (C=O) groups is 1. The van der Waals surface area contributed by atoms with Crippen LogP contribution in [0.2, 0.25) is 0 Å². The Morgan fingerprint density at radius 1 is 1.15 bits per heavy atom. The van der Waals surface area contributed by atoms with Gasteiger partial charge in [0.1, 0.15) is 5.75 Å². The average Bonchev–Trinajstić information content (AvgIpc) is 2.91. The molecule has 2 N–H and O–H groups in total. The Bertz CT molecular complexity index is 1090. The van der Waals surface area contributed by atoms with Crippen LogP contribution < -0.4 is 14.8 Å². The van der Waals surface area contributed by atoms with E-state index in [9.17, 15) is 13.2 Å². The van der Waals surface area contributed by atoms with Crippen LogP contribution in [0.5, 0.6) is 5.75 Å². The molecule has 3 aromatic rings. The van der Waals surface area contributed by atoms with E-state index in [0.29, 0.717) is 16.3 Å². The summed E-state index contributed by atoms with van der Waals surface area (Å²) in [4.78, 5) is 13.3. The van der Waals surface area contributed by atoms with Crippen molar-refractivity contribution in [2.45, 2.75) is 6.92 Å². The van der Waals surface area contributed by atoms with Gasteiger partial charge in [0, 0.05) is 10.4 Å². The number of aryl methyl sites for hydroxylation is 1. The molecule has 0 spiro atoms. The molecule has 0 fully saturated rings. The summed E-state index contributed by atoms with van der Waals surface area (Å²) in [6.07, 6.45) is 1.05. The van der Waals surface area contributed by atoms with E-state index in [1.807, 2.05) is 31.2 Å². The Hall–Kier alpha value is -2.58. The molecule has 0 saturated carbocycles. The molecule has 1 heterocycles. The fraction of sp³-hybridized carbons (Fsp3) is 0.167. The van der Waals surface area contributed by atoms with Gasteiger partial charge in [-0.1, -0.05) is 18.2 Å². The molecule has 2 aromatic carbocycles. The minimum atomic E-state index is -3.47. The van der Waals surface area contributed by atoms with E-state index in [0.717, 1.165) is 21.9 Å². The normalized spacial score (nSPS) is 11.3. The van der Waals surface area contributed by atoms with Crippen LogP contribution in [0.4, 0.5) is 11.4 Å². The highest BCUT2D eigenvalue weighted by atomic mass is 32.2. The molecule has 0 aliphatic rings. The lowest BCUT2D eigenvalue weighted by Crippen LogP contribution is -2.13. The summed E-state index contributed by atoms with van der Waals surface area (Å²) in [6, 6.07) is 12.6. The number of rotatable bonds is 5. The zero-order chi connectivity index (χ0) is 18.9. The molecular formula is C18H18N2O4S2. The first kappa shape index (κ1) is 18.2. The lowest BCUT2D eigenvalue weighted by Gasteiger charge is -2.12. The van der Waals surface area contributed by atoms with E-state index in [2.05, 4.69) is 10.0 Å². The SMILES string of the molecule is COc1ccc(NC(=O)c2sc3ccccc3c2C)cc1NS(C)(=O)=O. The summed E-state index contributed by atoms with van der Waals surface area (Å²) in [6.45, 7) is 1.92. The summed E-state index contributed by atoms with van der Waals surface area (Å²) in [5.41, 5.74) is 1.66. The van der Waals surface area contributed by atoms with Gasteiger partial charge in [0.05, 0.1) is 23.9 Å². The quantitative estimate of drug-likeness (QED) is 0.693. The highest BCUT2D eigenvalue weighted by Crippen LogP contribution is 2.32. The third-order valence-corrected chi connectivity index (χ3v) is 5.66. The van der Waals surface area contributed by atoms with Crippen LogP contribution in [0, 0.1) is 6.92 Å². The van der Waals surface area contributed by atoms with E-state index < -0.39 is 10.0 Å². The second-order valence-corrected chi connectivity index (χ2v) is 8.60. The van der Waals surface area contributed by atoms with Crippen LogP contribution in [-0.2, 0) is 10.0 Å². The van der Waals surface area contributed by atoms with Crippen molar-refractivity contribution >= 4 is 48.7 Å². The summed E-state index contributed by atoms with van der Waals surface area (Å²) >= 11 is 1.42. The van der Waals surface area contributed by atoms with Crippen molar-refractivity contribution in [3.8, 4) is 5.75 Å². The predicted octanol–water partition coefficient (Wildman–Crippen LogP) is 3.84. The fourth-order valence-electron chi connectivity index (χ4n) is 2.64. The van der Waals surface area contributed by atoms with Crippen molar-refractivity contribution in [3.63, 3.8) is 0 Å². The number of nitrogens with one attached hydrogen (secondary N) is 2. The number of benzene rings is 2. The summed E-state index contributed by atoms with van der Waals surface area (Å²) in [7, 11) is -2.03. The topological polar surface area (TPSA) is 84.5 Å². The molecule has 0 unspecified atom stereocenters. The average molecular weight is 390 g/mol. The Balaban J connectivity index is 1.91. The minimum absolute atomic E-state index is 0.237. The molecule has 0 aliphatic carbocycles. The van der Waals surface area contributed by atoms with E-state index in [4.69, 9.17) is 4.74 Å². The van der Waals surface area contributed by atoms with Gasteiger partial charge < -0.3 is 10.1 Å². The van der Waals surface area contributed by atoms with Gasteiger partial charge in [0.25, 0.3) is 5.91 Å². The number of thiophene rings is 1. The Kier molecular flexibility index (Phi) is 4.88. The Morgan fingerprint density at radius 3 is 2.54 bits per heavy atom. The maximum atomic E-state index is 12.7. The fourth-order valence-corrected chi connectivity index (χ4v) is 4.31. The number of anilines is 2. The zero-order valence-electron chi connectivity index (χ0n) is 14.5. The molecule has 26 heavy (non-hydrogen) atoms. The van der Waals surface area contributed by atoms with Gasteiger partial charge in [-0.05, 0) is 42.1 Å².